The molecular formula is C4H16CrN3O4-. The van der Waals surface area contributed by atoms with Crippen LogP contribution in [0.25, 0.3) is 5.32 Å². The van der Waals surface area contributed by atoms with Crippen molar-refractivity contribution in [2.24, 2.45) is 11.5 Å². The molecule has 8 heteroatoms. The molecule has 0 fully saturated rings. The summed E-state index contributed by atoms with van der Waals surface area (Å²) in [7, 11) is 0. The van der Waals surface area contributed by atoms with Gasteiger partial charge in [-0.25, -0.2) is 0 Å². The monoisotopic (exact) mass is 222 g/mol. The predicted octanol–water partition coefficient (Wildman–Crippen LogP) is -0.690. The van der Waals surface area contributed by atoms with Crippen molar-refractivity contribution in [2.75, 3.05) is 26.2 Å². The zero-order valence-electron chi connectivity index (χ0n) is 6.63. The first-order valence-corrected chi connectivity index (χ1v) is 2.85. The zero-order valence-corrected chi connectivity index (χ0v) is 7.90. The summed E-state index contributed by atoms with van der Waals surface area (Å²) in [4.78, 5) is 0. The minimum Gasteiger partial charge on any atom is -0.660 e. The molecule has 0 aliphatic rings. The van der Waals surface area contributed by atoms with E-state index in [4.69, 9.17) is 32.5 Å². The second-order valence-electron chi connectivity index (χ2n) is 1.25. The molecule has 0 saturated carbocycles. The molecule has 0 atom stereocenters. The fraction of sp³-hybridized carbons (Fsp3) is 1.00. The third kappa shape index (κ3) is 48.5. The second-order valence-corrected chi connectivity index (χ2v) is 1.25. The summed E-state index contributed by atoms with van der Waals surface area (Å²) in [6, 6.07) is 0. The van der Waals surface area contributed by atoms with E-state index < -0.39 is 0 Å². The molecule has 0 spiro atoms. The van der Waals surface area contributed by atoms with Crippen LogP contribution in [0.4, 0.5) is 0 Å². The SMILES string of the molecule is NCC[N-]CCN.OO.OO.[Cr]. The van der Waals surface area contributed by atoms with Crippen molar-refractivity contribution >= 4 is 0 Å². The van der Waals surface area contributed by atoms with E-state index in [9.17, 15) is 0 Å². The van der Waals surface area contributed by atoms with Crippen molar-refractivity contribution in [1.29, 1.82) is 0 Å². The molecule has 0 saturated heterocycles. The van der Waals surface area contributed by atoms with Crippen LogP contribution < -0.4 is 11.5 Å². The fourth-order valence-corrected chi connectivity index (χ4v) is 0.294. The van der Waals surface area contributed by atoms with Crippen LogP contribution in [0.5, 0.6) is 0 Å². The van der Waals surface area contributed by atoms with E-state index in [1.807, 2.05) is 0 Å². The van der Waals surface area contributed by atoms with Gasteiger partial charge in [0.25, 0.3) is 0 Å². The fourth-order valence-electron chi connectivity index (χ4n) is 0.294. The molecule has 78 valence electrons. The van der Waals surface area contributed by atoms with Gasteiger partial charge in [0.1, 0.15) is 0 Å². The maximum Gasteiger partial charge on any atom is 0 e. The topological polar surface area (TPSA) is 147 Å². The molecule has 0 bridgehead atoms. The molecular weight excluding hydrogens is 206 g/mol. The van der Waals surface area contributed by atoms with Gasteiger partial charge in [-0.15, -0.1) is 13.1 Å². The maximum absolute atomic E-state index is 6.00. The van der Waals surface area contributed by atoms with Gasteiger partial charge in [0.15, 0.2) is 0 Å². The van der Waals surface area contributed by atoms with Crippen molar-refractivity contribution in [3.63, 3.8) is 0 Å². The summed E-state index contributed by atoms with van der Waals surface area (Å²) >= 11 is 0. The molecule has 0 aliphatic heterocycles. The van der Waals surface area contributed by atoms with Crippen molar-refractivity contribution in [1.82, 2.24) is 0 Å². The number of nitrogens with zero attached hydrogens (tertiary/aromatic N) is 1. The summed E-state index contributed by atoms with van der Waals surface area (Å²) in [6.45, 7) is 2.77. The summed E-state index contributed by atoms with van der Waals surface area (Å²) < 4.78 is 0. The zero-order chi connectivity index (χ0) is 9.54. The van der Waals surface area contributed by atoms with Crippen LogP contribution in [-0.4, -0.2) is 47.2 Å². The van der Waals surface area contributed by atoms with Gasteiger partial charge in [-0.1, -0.05) is 0 Å². The van der Waals surface area contributed by atoms with Gasteiger partial charge < -0.3 is 16.8 Å². The Kier molecular flexibility index (Phi) is 81.4. The maximum atomic E-state index is 6.00. The summed E-state index contributed by atoms with van der Waals surface area (Å²) in [5.41, 5.74) is 10.3. The molecule has 0 radical (unpaired) electrons. The first kappa shape index (κ1) is 22.8. The Balaban J connectivity index is -0.0000000560. The molecule has 0 aliphatic carbocycles. The predicted molar refractivity (Wildman–Crippen MR) is 41.7 cm³/mol. The van der Waals surface area contributed by atoms with E-state index in [1.54, 1.807) is 0 Å². The van der Waals surface area contributed by atoms with E-state index in [0.29, 0.717) is 13.1 Å². The van der Waals surface area contributed by atoms with Gasteiger partial charge in [0.2, 0.25) is 0 Å². The Hall–Kier alpha value is 0.252. The van der Waals surface area contributed by atoms with Gasteiger partial charge in [-0.2, -0.15) is 0 Å². The van der Waals surface area contributed by atoms with Gasteiger partial charge in [0.05, 0.1) is 0 Å². The molecule has 0 amide bonds. The smallest absolute Gasteiger partial charge is 0 e. The first-order valence-electron chi connectivity index (χ1n) is 2.85. The second kappa shape index (κ2) is 42.9. The Labute approximate surface area is 82.0 Å². The molecule has 0 aromatic heterocycles. The van der Waals surface area contributed by atoms with Crippen LogP contribution >= 0.6 is 0 Å². The first-order chi connectivity index (χ1) is 5.41. The van der Waals surface area contributed by atoms with Crippen LogP contribution in [0.3, 0.4) is 0 Å². The quantitative estimate of drug-likeness (QED) is 0.211. The largest absolute Gasteiger partial charge is 0.660 e. The van der Waals surface area contributed by atoms with Crippen LogP contribution in [0.2, 0.25) is 0 Å². The van der Waals surface area contributed by atoms with Crippen LogP contribution in [0.15, 0.2) is 0 Å². The minimum absolute atomic E-state index is 0. The summed E-state index contributed by atoms with van der Waals surface area (Å²) in [6.07, 6.45) is 0. The van der Waals surface area contributed by atoms with Gasteiger partial charge in [-0.05, 0) is 13.1 Å². The van der Waals surface area contributed by atoms with Crippen LogP contribution in [0, 0.1) is 0 Å². The molecule has 12 heavy (non-hydrogen) atoms. The van der Waals surface area contributed by atoms with E-state index in [-0.39, 0.29) is 17.4 Å². The Bertz CT molecular complexity index is 41.5. The Morgan fingerprint density at radius 1 is 0.833 bits per heavy atom. The molecule has 0 unspecified atom stereocenters. The third-order valence-electron chi connectivity index (χ3n) is 0.574. The van der Waals surface area contributed by atoms with Crippen molar-refractivity contribution < 1.29 is 38.4 Å². The standard InChI is InChI=1S/C4H12N3.Cr.2H2O2/c5-1-3-7-4-2-6;;2*1-2/h1-6H2;;2*1-2H/q-1;;;. The normalized spacial score (nSPS) is 6.50. The molecule has 0 rings (SSSR count). The number of hydrogen-bond acceptors (Lipinski definition) is 6. The van der Waals surface area contributed by atoms with Crippen molar-refractivity contribution in [3.05, 3.63) is 5.32 Å². The van der Waals surface area contributed by atoms with E-state index in [1.165, 1.54) is 0 Å². The molecule has 0 aromatic rings. The average molecular weight is 222 g/mol. The van der Waals surface area contributed by atoms with E-state index >= 15 is 0 Å². The number of nitrogens with two attached hydrogens (primary N) is 2. The van der Waals surface area contributed by atoms with Gasteiger partial charge in [-0.3, -0.25) is 21.0 Å². The van der Waals surface area contributed by atoms with Crippen LogP contribution in [0.1, 0.15) is 0 Å². The van der Waals surface area contributed by atoms with Gasteiger partial charge in [0, 0.05) is 17.4 Å². The van der Waals surface area contributed by atoms with Crippen molar-refractivity contribution in [3.8, 4) is 0 Å². The Morgan fingerprint density at radius 2 is 1.08 bits per heavy atom. The Morgan fingerprint density at radius 3 is 1.25 bits per heavy atom. The molecule has 0 heterocycles. The molecule has 7 nitrogen and oxygen atoms in total. The van der Waals surface area contributed by atoms with Crippen molar-refractivity contribution in [2.45, 2.75) is 0 Å². The molecule has 0 aromatic carbocycles. The number of rotatable bonds is 4. The van der Waals surface area contributed by atoms with Gasteiger partial charge >= 0.3 is 0 Å². The van der Waals surface area contributed by atoms with E-state index in [0.717, 1.165) is 13.1 Å². The van der Waals surface area contributed by atoms with E-state index in [2.05, 4.69) is 5.32 Å². The van der Waals surface area contributed by atoms with Crippen LogP contribution in [-0.2, 0) is 17.4 Å². The summed E-state index contributed by atoms with van der Waals surface area (Å²) in [5, 5.41) is 28.0. The average Bonchev–Trinajstić information content (AvgIpc) is 2.13. The minimum atomic E-state index is 0. The summed E-state index contributed by atoms with van der Waals surface area (Å²) in [5.74, 6) is 0. The third-order valence-corrected chi connectivity index (χ3v) is 0.574. The molecule has 8 N–H and O–H groups in total. The number of hydrogen-bond donors (Lipinski definition) is 6.